The van der Waals surface area contributed by atoms with E-state index in [0.29, 0.717) is 23.3 Å². The second-order valence-corrected chi connectivity index (χ2v) is 4.32. The summed E-state index contributed by atoms with van der Waals surface area (Å²) >= 11 is 6.04. The van der Waals surface area contributed by atoms with Gasteiger partial charge in [-0.2, -0.15) is 0 Å². The number of rotatable bonds is 6. The lowest BCUT2D eigenvalue weighted by atomic mass is 10.1. The van der Waals surface area contributed by atoms with Crippen LogP contribution >= 0.6 is 11.6 Å². The highest BCUT2D eigenvalue weighted by atomic mass is 35.5. The molecule has 16 heavy (non-hydrogen) atoms. The van der Waals surface area contributed by atoms with Crippen molar-refractivity contribution < 1.29 is 9.84 Å². The molecule has 0 aliphatic carbocycles. The second kappa shape index (κ2) is 6.77. The summed E-state index contributed by atoms with van der Waals surface area (Å²) in [6.45, 7) is 5.03. The Bertz CT molecular complexity index is 322. The summed E-state index contributed by atoms with van der Waals surface area (Å²) in [5.41, 5.74) is 0.805. The Morgan fingerprint density at radius 1 is 1.31 bits per heavy atom. The van der Waals surface area contributed by atoms with Crippen molar-refractivity contribution in [1.29, 1.82) is 0 Å². The maximum atomic E-state index is 8.95. The minimum absolute atomic E-state index is 0.00649. The summed E-state index contributed by atoms with van der Waals surface area (Å²) in [5.74, 6) is 1.28. The van der Waals surface area contributed by atoms with Gasteiger partial charge in [0.25, 0.3) is 0 Å². The molecule has 3 heteroatoms. The van der Waals surface area contributed by atoms with E-state index < -0.39 is 0 Å². The molecule has 0 saturated carbocycles. The molecule has 0 saturated heterocycles. The maximum Gasteiger partial charge on any atom is 0.137 e. The van der Waals surface area contributed by atoms with Crippen molar-refractivity contribution >= 4 is 11.6 Å². The Labute approximate surface area is 102 Å². The fraction of sp³-hybridized carbons (Fsp3) is 0.538. The minimum atomic E-state index is 0.00649. The highest BCUT2D eigenvalue weighted by molar-refractivity contribution is 6.32. The Hall–Kier alpha value is -0.730. The molecule has 1 rings (SSSR count). The van der Waals surface area contributed by atoms with Crippen LogP contribution in [-0.2, 0) is 6.61 Å². The number of aliphatic hydroxyl groups is 1. The number of halogens is 1. The van der Waals surface area contributed by atoms with Gasteiger partial charge in [-0.05, 0) is 23.6 Å². The summed E-state index contributed by atoms with van der Waals surface area (Å²) in [4.78, 5) is 0. The van der Waals surface area contributed by atoms with E-state index in [4.69, 9.17) is 21.4 Å². The van der Waals surface area contributed by atoms with Crippen molar-refractivity contribution in [2.45, 2.75) is 33.3 Å². The normalized spacial score (nSPS) is 10.8. The molecule has 0 amide bonds. The highest BCUT2D eigenvalue weighted by Crippen LogP contribution is 2.26. The number of benzene rings is 1. The summed E-state index contributed by atoms with van der Waals surface area (Å²) < 4.78 is 5.67. The smallest absolute Gasteiger partial charge is 0.137 e. The third-order valence-corrected chi connectivity index (χ3v) is 3.10. The molecule has 1 N–H and O–H groups in total. The molecule has 0 spiro atoms. The van der Waals surface area contributed by atoms with Gasteiger partial charge in [0, 0.05) is 0 Å². The Morgan fingerprint density at radius 3 is 2.50 bits per heavy atom. The lowest BCUT2D eigenvalue weighted by Gasteiger charge is -2.14. The zero-order valence-electron chi connectivity index (χ0n) is 9.87. The predicted octanol–water partition coefficient (Wildman–Crippen LogP) is 3.65. The molecular formula is C13H19ClO2. The molecule has 0 unspecified atom stereocenters. The lowest BCUT2D eigenvalue weighted by molar-refractivity contribution is 0.240. The zero-order chi connectivity index (χ0) is 12.0. The van der Waals surface area contributed by atoms with Gasteiger partial charge in [-0.25, -0.2) is 0 Å². The van der Waals surface area contributed by atoms with Crippen molar-refractivity contribution in [3.63, 3.8) is 0 Å². The van der Waals surface area contributed by atoms with E-state index in [1.807, 2.05) is 12.1 Å². The molecular weight excluding hydrogens is 224 g/mol. The molecule has 0 aromatic heterocycles. The van der Waals surface area contributed by atoms with Crippen LogP contribution in [0.2, 0.25) is 5.02 Å². The van der Waals surface area contributed by atoms with Gasteiger partial charge in [-0.1, -0.05) is 44.4 Å². The maximum absolute atomic E-state index is 8.95. The van der Waals surface area contributed by atoms with Gasteiger partial charge < -0.3 is 9.84 Å². The monoisotopic (exact) mass is 242 g/mol. The van der Waals surface area contributed by atoms with Crippen molar-refractivity contribution in [2.75, 3.05) is 6.61 Å². The molecule has 0 aliphatic heterocycles. The second-order valence-electron chi connectivity index (χ2n) is 3.92. The summed E-state index contributed by atoms with van der Waals surface area (Å²) in [5, 5.41) is 9.51. The number of ether oxygens (including phenoxy) is 1. The van der Waals surface area contributed by atoms with E-state index in [1.54, 1.807) is 6.07 Å². The Kier molecular flexibility index (Phi) is 5.64. The molecule has 0 bridgehead atoms. The highest BCUT2D eigenvalue weighted by Gasteiger charge is 2.07. The van der Waals surface area contributed by atoms with Gasteiger partial charge in [-0.3, -0.25) is 0 Å². The van der Waals surface area contributed by atoms with E-state index in [0.717, 1.165) is 18.4 Å². The first-order valence-corrected chi connectivity index (χ1v) is 6.11. The molecule has 0 fully saturated rings. The molecule has 0 atom stereocenters. The summed E-state index contributed by atoms with van der Waals surface area (Å²) in [7, 11) is 0. The predicted molar refractivity (Wildman–Crippen MR) is 66.9 cm³/mol. The van der Waals surface area contributed by atoms with Gasteiger partial charge in [-0.15, -0.1) is 0 Å². The third kappa shape index (κ3) is 3.69. The fourth-order valence-corrected chi connectivity index (χ4v) is 1.75. The van der Waals surface area contributed by atoms with Crippen molar-refractivity contribution in [3.8, 4) is 5.75 Å². The summed E-state index contributed by atoms with van der Waals surface area (Å²) in [6.07, 6.45) is 2.23. The van der Waals surface area contributed by atoms with Crippen molar-refractivity contribution in [2.24, 2.45) is 5.92 Å². The number of aliphatic hydroxyl groups excluding tert-OH is 1. The molecule has 2 nitrogen and oxygen atoms in total. The fourth-order valence-electron chi connectivity index (χ4n) is 1.49. The van der Waals surface area contributed by atoms with Crippen LogP contribution in [0.1, 0.15) is 32.3 Å². The van der Waals surface area contributed by atoms with Crippen LogP contribution in [0.15, 0.2) is 18.2 Å². The first-order valence-electron chi connectivity index (χ1n) is 5.73. The van der Waals surface area contributed by atoms with Crippen LogP contribution in [0, 0.1) is 5.92 Å². The Balaban J connectivity index is 2.60. The number of hydrogen-bond donors (Lipinski definition) is 1. The Morgan fingerprint density at radius 2 is 2.00 bits per heavy atom. The average Bonchev–Trinajstić information content (AvgIpc) is 2.32. The quantitative estimate of drug-likeness (QED) is 0.825. The first-order chi connectivity index (χ1) is 7.71. The van der Waals surface area contributed by atoms with Crippen LogP contribution in [0.4, 0.5) is 0 Å². The summed E-state index contributed by atoms with van der Waals surface area (Å²) in [6, 6.07) is 5.38. The first kappa shape index (κ1) is 13.3. The SMILES string of the molecule is CCC(CC)COc1ccc(CO)cc1Cl. The lowest BCUT2D eigenvalue weighted by Crippen LogP contribution is -2.10. The molecule has 0 aliphatic rings. The standard InChI is InChI=1S/C13H19ClO2/c1-3-10(4-2)9-16-13-6-5-11(8-15)7-12(13)14/h5-7,10,15H,3-4,8-9H2,1-2H3. The van der Waals surface area contributed by atoms with E-state index >= 15 is 0 Å². The topological polar surface area (TPSA) is 29.5 Å². The van der Waals surface area contributed by atoms with E-state index in [-0.39, 0.29) is 6.61 Å². The molecule has 90 valence electrons. The van der Waals surface area contributed by atoms with Crippen LogP contribution in [-0.4, -0.2) is 11.7 Å². The largest absolute Gasteiger partial charge is 0.492 e. The molecule has 0 radical (unpaired) electrons. The van der Waals surface area contributed by atoms with E-state index in [1.165, 1.54) is 0 Å². The van der Waals surface area contributed by atoms with Gasteiger partial charge in [0.05, 0.1) is 18.2 Å². The molecule has 1 aromatic carbocycles. The molecule has 0 heterocycles. The van der Waals surface area contributed by atoms with Crippen molar-refractivity contribution in [1.82, 2.24) is 0 Å². The van der Waals surface area contributed by atoms with Gasteiger partial charge in [0.15, 0.2) is 0 Å². The van der Waals surface area contributed by atoms with Gasteiger partial charge >= 0.3 is 0 Å². The van der Waals surface area contributed by atoms with Crippen LogP contribution < -0.4 is 4.74 Å². The third-order valence-electron chi connectivity index (χ3n) is 2.81. The van der Waals surface area contributed by atoms with Gasteiger partial charge in [0.2, 0.25) is 0 Å². The van der Waals surface area contributed by atoms with E-state index in [2.05, 4.69) is 13.8 Å². The van der Waals surface area contributed by atoms with E-state index in [9.17, 15) is 0 Å². The number of hydrogen-bond acceptors (Lipinski definition) is 2. The van der Waals surface area contributed by atoms with Gasteiger partial charge in [0.1, 0.15) is 5.75 Å². The zero-order valence-corrected chi connectivity index (χ0v) is 10.6. The average molecular weight is 243 g/mol. The minimum Gasteiger partial charge on any atom is -0.492 e. The van der Waals surface area contributed by atoms with Crippen LogP contribution in [0.3, 0.4) is 0 Å². The van der Waals surface area contributed by atoms with Crippen LogP contribution in [0.25, 0.3) is 0 Å². The van der Waals surface area contributed by atoms with Crippen molar-refractivity contribution in [3.05, 3.63) is 28.8 Å². The molecule has 1 aromatic rings. The van der Waals surface area contributed by atoms with Crippen LogP contribution in [0.5, 0.6) is 5.75 Å².